The van der Waals surface area contributed by atoms with E-state index in [1.165, 1.54) is 0 Å². The summed E-state index contributed by atoms with van der Waals surface area (Å²) in [5.41, 5.74) is -0.980. The molecular formula is C14H20F3N3O2. The summed E-state index contributed by atoms with van der Waals surface area (Å²) in [6.45, 7) is 5.87. The molecule has 0 bridgehead atoms. The fraction of sp³-hybridized carbons (Fsp3) is 0.714. The van der Waals surface area contributed by atoms with Crippen molar-refractivity contribution in [3.63, 3.8) is 0 Å². The largest absolute Gasteiger partial charge is 0.460 e. The van der Waals surface area contributed by atoms with Gasteiger partial charge in [-0.25, -0.2) is 4.98 Å². The van der Waals surface area contributed by atoms with Gasteiger partial charge in [0.1, 0.15) is 6.10 Å². The molecule has 0 aliphatic carbocycles. The fourth-order valence-electron chi connectivity index (χ4n) is 2.29. The molecule has 22 heavy (non-hydrogen) atoms. The molecule has 1 fully saturated rings. The lowest BCUT2D eigenvalue weighted by molar-refractivity contribution is -0.141. The Hall–Kier alpha value is -1.41. The van der Waals surface area contributed by atoms with E-state index in [9.17, 15) is 13.2 Å². The maximum absolute atomic E-state index is 12.6. The highest BCUT2D eigenvalue weighted by Crippen LogP contribution is 2.28. The molecule has 0 spiro atoms. The number of piperidine rings is 1. The first-order valence-corrected chi connectivity index (χ1v) is 7.36. The van der Waals surface area contributed by atoms with Crippen LogP contribution in [0.4, 0.5) is 13.2 Å². The molecule has 0 N–H and O–H groups in total. The quantitative estimate of drug-likeness (QED) is 0.754. The molecule has 0 amide bonds. The Morgan fingerprint density at radius 1 is 1.32 bits per heavy atom. The van der Waals surface area contributed by atoms with E-state index >= 15 is 0 Å². The van der Waals surface area contributed by atoms with Crippen LogP contribution in [0.15, 0.2) is 12.3 Å². The zero-order valence-electron chi connectivity index (χ0n) is 12.5. The van der Waals surface area contributed by atoms with Crippen molar-refractivity contribution in [1.82, 2.24) is 14.9 Å². The van der Waals surface area contributed by atoms with Crippen molar-refractivity contribution in [3.05, 3.63) is 18.0 Å². The third-order valence-electron chi connectivity index (χ3n) is 3.49. The predicted molar refractivity (Wildman–Crippen MR) is 73.6 cm³/mol. The highest BCUT2D eigenvalue weighted by molar-refractivity contribution is 5.09. The van der Waals surface area contributed by atoms with Crippen LogP contribution in [0.25, 0.3) is 0 Å². The van der Waals surface area contributed by atoms with E-state index in [-0.39, 0.29) is 12.1 Å². The number of likely N-dealkylation sites (tertiary alicyclic amines) is 1. The smallest absolute Gasteiger partial charge is 0.433 e. The summed E-state index contributed by atoms with van der Waals surface area (Å²) in [7, 11) is 0. The molecule has 0 saturated carbocycles. The van der Waals surface area contributed by atoms with Gasteiger partial charge in [0.15, 0.2) is 5.69 Å². The monoisotopic (exact) mass is 319 g/mol. The lowest BCUT2D eigenvalue weighted by Crippen LogP contribution is -2.40. The zero-order chi connectivity index (χ0) is 16.0. The second kappa shape index (κ2) is 7.73. The molecule has 2 rings (SSSR count). The number of nitrogens with zero attached hydrogens (tertiary/aromatic N) is 3. The lowest BCUT2D eigenvalue weighted by Gasteiger charge is -2.31. The number of hydrogen-bond acceptors (Lipinski definition) is 5. The molecule has 5 nitrogen and oxygen atoms in total. The van der Waals surface area contributed by atoms with E-state index < -0.39 is 11.9 Å². The highest BCUT2D eigenvalue weighted by Gasteiger charge is 2.33. The number of hydrogen-bond donors (Lipinski definition) is 0. The van der Waals surface area contributed by atoms with Crippen molar-refractivity contribution >= 4 is 0 Å². The van der Waals surface area contributed by atoms with Crippen LogP contribution in [0, 0.1) is 0 Å². The van der Waals surface area contributed by atoms with Crippen molar-refractivity contribution < 1.29 is 22.6 Å². The van der Waals surface area contributed by atoms with Gasteiger partial charge < -0.3 is 14.4 Å². The summed E-state index contributed by atoms with van der Waals surface area (Å²) in [5.74, 6) is 0. The van der Waals surface area contributed by atoms with E-state index in [1.54, 1.807) is 0 Å². The number of rotatable bonds is 6. The topological polar surface area (TPSA) is 47.5 Å². The van der Waals surface area contributed by atoms with E-state index in [4.69, 9.17) is 9.47 Å². The van der Waals surface area contributed by atoms with E-state index in [0.29, 0.717) is 13.2 Å². The van der Waals surface area contributed by atoms with Gasteiger partial charge >= 0.3 is 12.2 Å². The molecule has 124 valence electrons. The maximum Gasteiger partial charge on any atom is 0.433 e. The molecule has 1 aromatic rings. The Balaban J connectivity index is 1.81. The van der Waals surface area contributed by atoms with Gasteiger partial charge in [0, 0.05) is 32.4 Å². The minimum absolute atomic E-state index is 0.146. The van der Waals surface area contributed by atoms with Crippen LogP contribution < -0.4 is 4.74 Å². The molecule has 1 aliphatic rings. The van der Waals surface area contributed by atoms with Gasteiger partial charge in [-0.3, -0.25) is 0 Å². The molecule has 0 radical (unpaired) electrons. The summed E-state index contributed by atoms with van der Waals surface area (Å²) in [6.07, 6.45) is -2.07. The van der Waals surface area contributed by atoms with Crippen LogP contribution in [0.2, 0.25) is 0 Å². The number of ether oxygens (including phenoxy) is 2. The Morgan fingerprint density at radius 2 is 2.05 bits per heavy atom. The first kappa shape index (κ1) is 17.0. The summed E-state index contributed by atoms with van der Waals surface area (Å²) < 4.78 is 48.5. The zero-order valence-corrected chi connectivity index (χ0v) is 12.5. The number of halogens is 3. The van der Waals surface area contributed by atoms with Crippen LogP contribution >= 0.6 is 0 Å². The van der Waals surface area contributed by atoms with Gasteiger partial charge in [0.25, 0.3) is 0 Å². The van der Waals surface area contributed by atoms with Crippen LogP contribution in [0.1, 0.15) is 25.5 Å². The maximum atomic E-state index is 12.6. The molecular weight excluding hydrogens is 299 g/mol. The molecule has 0 aromatic carbocycles. The second-order valence-corrected chi connectivity index (χ2v) is 5.08. The normalized spacial score (nSPS) is 17.6. The minimum Gasteiger partial charge on any atom is -0.460 e. The van der Waals surface area contributed by atoms with Gasteiger partial charge in [-0.15, -0.1) is 0 Å². The summed E-state index contributed by atoms with van der Waals surface area (Å²) in [5, 5.41) is 0. The Labute approximate surface area is 127 Å². The van der Waals surface area contributed by atoms with Gasteiger partial charge in [-0.1, -0.05) is 0 Å². The first-order chi connectivity index (χ1) is 10.5. The Kier molecular flexibility index (Phi) is 5.96. The average molecular weight is 319 g/mol. The average Bonchev–Trinajstić information content (AvgIpc) is 2.49. The predicted octanol–water partition coefficient (Wildman–Crippen LogP) is 2.38. The third-order valence-corrected chi connectivity index (χ3v) is 3.49. The summed E-state index contributed by atoms with van der Waals surface area (Å²) >= 11 is 0. The molecule has 1 aliphatic heterocycles. The molecule has 8 heteroatoms. The Bertz CT molecular complexity index is 463. The molecule has 2 heterocycles. The third kappa shape index (κ3) is 5.10. The van der Waals surface area contributed by atoms with Crippen molar-refractivity contribution in [2.75, 3.05) is 32.8 Å². The molecule has 0 unspecified atom stereocenters. The molecule has 1 aromatic heterocycles. The van der Waals surface area contributed by atoms with Gasteiger partial charge in [-0.05, 0) is 25.8 Å². The number of aromatic nitrogens is 2. The first-order valence-electron chi connectivity index (χ1n) is 7.36. The van der Waals surface area contributed by atoms with Crippen LogP contribution in [0.3, 0.4) is 0 Å². The second-order valence-electron chi connectivity index (χ2n) is 5.08. The Morgan fingerprint density at radius 3 is 2.68 bits per heavy atom. The van der Waals surface area contributed by atoms with Crippen LogP contribution in [-0.2, 0) is 10.9 Å². The van der Waals surface area contributed by atoms with Gasteiger partial charge in [-0.2, -0.15) is 18.2 Å². The van der Waals surface area contributed by atoms with Gasteiger partial charge in [0.2, 0.25) is 0 Å². The van der Waals surface area contributed by atoms with Crippen molar-refractivity contribution in [3.8, 4) is 6.01 Å². The van der Waals surface area contributed by atoms with E-state index in [0.717, 1.165) is 44.7 Å². The highest BCUT2D eigenvalue weighted by atomic mass is 19.4. The van der Waals surface area contributed by atoms with Crippen LogP contribution in [-0.4, -0.2) is 53.8 Å². The molecule has 0 atom stereocenters. The summed E-state index contributed by atoms with van der Waals surface area (Å²) in [4.78, 5) is 9.44. The standard InChI is InChI=1S/C14H20F3N3O2/c1-2-21-10-9-20-7-4-11(5-8-20)22-13-18-6-3-12(19-13)14(15,16)17/h3,6,11H,2,4-5,7-10H2,1H3. The van der Waals surface area contributed by atoms with Crippen molar-refractivity contribution in [1.29, 1.82) is 0 Å². The summed E-state index contributed by atoms with van der Waals surface area (Å²) in [6, 6.07) is 0.631. The van der Waals surface area contributed by atoms with Crippen LogP contribution in [0.5, 0.6) is 6.01 Å². The molecule has 1 saturated heterocycles. The van der Waals surface area contributed by atoms with E-state index in [2.05, 4.69) is 14.9 Å². The van der Waals surface area contributed by atoms with E-state index in [1.807, 2.05) is 6.92 Å². The SMILES string of the molecule is CCOCCN1CCC(Oc2nccc(C(F)(F)F)n2)CC1. The minimum atomic E-state index is -4.48. The van der Waals surface area contributed by atoms with Crippen molar-refractivity contribution in [2.24, 2.45) is 0 Å². The fourth-order valence-corrected chi connectivity index (χ4v) is 2.29. The van der Waals surface area contributed by atoms with Crippen molar-refractivity contribution in [2.45, 2.75) is 32.0 Å². The lowest BCUT2D eigenvalue weighted by atomic mass is 10.1. The van der Waals surface area contributed by atoms with Gasteiger partial charge in [0.05, 0.1) is 6.61 Å². The number of alkyl halides is 3.